The number of hydrogen-bond donors (Lipinski definition) is 1. The van der Waals surface area contributed by atoms with Crippen molar-refractivity contribution in [1.29, 1.82) is 0 Å². The molecule has 0 aromatic rings. The van der Waals surface area contributed by atoms with Gasteiger partial charge in [-0.1, -0.05) is 53.5 Å². The molecular formula is C22H33ClO2. The first-order chi connectivity index (χ1) is 11.7. The predicted molar refractivity (Wildman–Crippen MR) is 108 cm³/mol. The van der Waals surface area contributed by atoms with E-state index >= 15 is 0 Å². The van der Waals surface area contributed by atoms with E-state index in [0.717, 1.165) is 25.7 Å². The van der Waals surface area contributed by atoms with Crippen LogP contribution in [-0.4, -0.2) is 17.0 Å². The fourth-order valence-electron chi connectivity index (χ4n) is 3.08. The third-order valence-corrected chi connectivity index (χ3v) is 5.22. The first-order valence-corrected chi connectivity index (χ1v) is 9.64. The van der Waals surface area contributed by atoms with Crippen molar-refractivity contribution in [3.05, 3.63) is 46.1 Å². The second-order valence-corrected chi connectivity index (χ2v) is 7.92. The molecule has 1 aliphatic carbocycles. The van der Waals surface area contributed by atoms with Crippen molar-refractivity contribution in [3.63, 3.8) is 0 Å². The topological polar surface area (TPSA) is 37.3 Å². The van der Waals surface area contributed by atoms with Gasteiger partial charge in [-0.25, -0.2) is 0 Å². The van der Waals surface area contributed by atoms with Crippen molar-refractivity contribution in [2.24, 2.45) is 11.8 Å². The van der Waals surface area contributed by atoms with Crippen LogP contribution in [0.1, 0.15) is 66.7 Å². The molecule has 2 nitrogen and oxygen atoms in total. The summed E-state index contributed by atoms with van der Waals surface area (Å²) in [6.45, 7) is 10.4. The molecule has 1 N–H and O–H groups in total. The van der Waals surface area contributed by atoms with E-state index in [2.05, 4.69) is 45.9 Å². The molecule has 0 spiro atoms. The number of allylic oxidation sites excluding steroid dienone is 7. The highest BCUT2D eigenvalue weighted by Gasteiger charge is 2.34. The Balaban J connectivity index is 2.46. The minimum absolute atomic E-state index is 0.0575. The van der Waals surface area contributed by atoms with Crippen LogP contribution in [0, 0.1) is 11.8 Å². The van der Waals surface area contributed by atoms with E-state index in [1.54, 1.807) is 0 Å². The van der Waals surface area contributed by atoms with E-state index in [4.69, 9.17) is 11.6 Å². The number of carbonyl (C=O) groups excluding carboxylic acids is 1. The summed E-state index contributed by atoms with van der Waals surface area (Å²) in [6.07, 6.45) is 12.6. The number of carbonyl (C=O) groups is 1. The lowest BCUT2D eigenvalue weighted by Gasteiger charge is -2.29. The minimum atomic E-state index is -0.638. The lowest BCUT2D eigenvalue weighted by molar-refractivity contribution is -0.121. The Hall–Kier alpha value is -1.12. The normalized spacial score (nSPS) is 25.0. The van der Waals surface area contributed by atoms with Crippen LogP contribution < -0.4 is 0 Å². The molecule has 3 atom stereocenters. The van der Waals surface area contributed by atoms with Gasteiger partial charge < -0.3 is 5.11 Å². The molecule has 1 aliphatic rings. The van der Waals surface area contributed by atoms with Gasteiger partial charge in [0.25, 0.3) is 0 Å². The summed E-state index contributed by atoms with van der Waals surface area (Å²) in [5, 5.41) is 10.3. The molecule has 0 fully saturated rings. The van der Waals surface area contributed by atoms with E-state index in [0.29, 0.717) is 6.42 Å². The van der Waals surface area contributed by atoms with E-state index in [1.165, 1.54) is 22.8 Å². The summed E-state index contributed by atoms with van der Waals surface area (Å²) < 4.78 is 0. The van der Waals surface area contributed by atoms with E-state index in [-0.39, 0.29) is 22.7 Å². The highest BCUT2D eigenvalue weighted by molar-refractivity contribution is 6.43. The highest BCUT2D eigenvalue weighted by atomic mass is 35.5. The summed E-state index contributed by atoms with van der Waals surface area (Å²) in [7, 11) is 0. The maximum atomic E-state index is 12.0. The van der Waals surface area contributed by atoms with Crippen LogP contribution in [-0.2, 0) is 4.79 Å². The number of hydrogen-bond acceptors (Lipinski definition) is 2. The summed E-state index contributed by atoms with van der Waals surface area (Å²) in [5.74, 6) is -0.363. The summed E-state index contributed by atoms with van der Waals surface area (Å²) in [5.41, 5.74) is 4.12. The summed E-state index contributed by atoms with van der Waals surface area (Å²) in [6, 6.07) is 0. The molecule has 1 rings (SSSR count). The van der Waals surface area contributed by atoms with Gasteiger partial charge in [0.1, 0.15) is 0 Å². The monoisotopic (exact) mass is 364 g/mol. The van der Waals surface area contributed by atoms with Crippen molar-refractivity contribution in [1.82, 2.24) is 0 Å². The first-order valence-electron chi connectivity index (χ1n) is 9.26. The van der Waals surface area contributed by atoms with Crippen molar-refractivity contribution in [3.8, 4) is 0 Å². The number of aliphatic hydroxyl groups excluding tert-OH is 1. The van der Waals surface area contributed by atoms with Gasteiger partial charge in [0, 0.05) is 11.8 Å². The van der Waals surface area contributed by atoms with Crippen LogP contribution in [0.25, 0.3) is 0 Å². The molecule has 0 aromatic heterocycles. The fourth-order valence-corrected chi connectivity index (χ4v) is 3.38. The lowest BCUT2D eigenvalue weighted by atomic mass is 9.79. The predicted octanol–water partition coefficient (Wildman–Crippen LogP) is 6.11. The average Bonchev–Trinajstić information content (AvgIpc) is 2.52. The molecule has 0 saturated carbocycles. The van der Waals surface area contributed by atoms with Gasteiger partial charge in [0.15, 0.2) is 5.78 Å². The van der Waals surface area contributed by atoms with E-state index in [1.807, 2.05) is 6.92 Å². The van der Waals surface area contributed by atoms with E-state index in [9.17, 15) is 9.90 Å². The van der Waals surface area contributed by atoms with Crippen LogP contribution in [0.5, 0.6) is 0 Å². The fraction of sp³-hybridized carbons (Fsp3) is 0.591. The molecule has 0 amide bonds. The zero-order valence-electron chi connectivity index (χ0n) is 16.3. The smallest absolute Gasteiger partial charge is 0.177 e. The molecule has 140 valence electrons. The van der Waals surface area contributed by atoms with Crippen molar-refractivity contribution < 1.29 is 9.90 Å². The van der Waals surface area contributed by atoms with Crippen LogP contribution in [0.4, 0.5) is 0 Å². The lowest BCUT2D eigenvalue weighted by Crippen LogP contribution is -2.34. The number of aliphatic hydroxyl groups is 1. The van der Waals surface area contributed by atoms with Crippen LogP contribution in [0.3, 0.4) is 0 Å². The zero-order chi connectivity index (χ0) is 19.0. The second kappa shape index (κ2) is 10.8. The van der Waals surface area contributed by atoms with Gasteiger partial charge in [-0.15, -0.1) is 0 Å². The second-order valence-electron chi connectivity index (χ2n) is 7.52. The number of ketones is 1. The third kappa shape index (κ3) is 7.75. The molecular weight excluding hydrogens is 332 g/mol. The molecule has 0 heterocycles. The Kier molecular flexibility index (Phi) is 9.45. The maximum absolute atomic E-state index is 12.0. The average molecular weight is 365 g/mol. The quantitative estimate of drug-likeness (QED) is 0.527. The van der Waals surface area contributed by atoms with Gasteiger partial charge in [-0.05, 0) is 65.9 Å². The molecule has 0 radical (unpaired) electrons. The molecule has 0 saturated heterocycles. The third-order valence-electron chi connectivity index (χ3n) is 4.91. The van der Waals surface area contributed by atoms with Crippen LogP contribution in [0.15, 0.2) is 46.1 Å². The van der Waals surface area contributed by atoms with Crippen molar-refractivity contribution in [2.45, 2.75) is 72.8 Å². The molecule has 25 heavy (non-hydrogen) atoms. The maximum Gasteiger partial charge on any atom is 0.177 e. The molecule has 0 aromatic carbocycles. The van der Waals surface area contributed by atoms with Crippen LogP contribution >= 0.6 is 11.6 Å². The highest BCUT2D eigenvalue weighted by Crippen LogP contribution is 2.31. The standard InChI is InChI=1S/C22H33ClO2/c1-15(2)8-6-9-16(3)10-7-11-17(4)12-13-19-18(5)22(25)20(23)14-21(19)24/h8,10,12,14,18-19,21,24H,6-7,9,11,13H2,1-5H3/b16-10+,17-12+. The Morgan fingerprint density at radius 1 is 1.08 bits per heavy atom. The number of halogens is 1. The molecule has 3 unspecified atom stereocenters. The van der Waals surface area contributed by atoms with Gasteiger partial charge in [0.05, 0.1) is 11.1 Å². The number of Topliss-reactive ketones (excluding diaryl/α,β-unsaturated/α-hetero) is 1. The Morgan fingerprint density at radius 2 is 1.64 bits per heavy atom. The zero-order valence-corrected chi connectivity index (χ0v) is 17.1. The van der Waals surface area contributed by atoms with Gasteiger partial charge in [0.2, 0.25) is 0 Å². The van der Waals surface area contributed by atoms with Gasteiger partial charge in [-0.3, -0.25) is 4.79 Å². The largest absolute Gasteiger partial charge is 0.389 e. The first kappa shape index (κ1) is 21.9. The number of rotatable bonds is 8. The molecule has 0 aliphatic heterocycles. The minimum Gasteiger partial charge on any atom is -0.389 e. The van der Waals surface area contributed by atoms with Gasteiger partial charge in [-0.2, -0.15) is 0 Å². The Labute approximate surface area is 158 Å². The summed E-state index contributed by atoms with van der Waals surface area (Å²) in [4.78, 5) is 12.0. The Bertz CT molecular complexity index is 577. The molecule has 3 heteroatoms. The van der Waals surface area contributed by atoms with Crippen molar-refractivity contribution in [2.75, 3.05) is 0 Å². The SMILES string of the molecule is CC(C)=CCC/C(C)=C/CC/C(C)=C/CC1C(O)C=C(Cl)C(=O)C1C. The van der Waals surface area contributed by atoms with Crippen LogP contribution in [0.2, 0.25) is 0 Å². The van der Waals surface area contributed by atoms with Gasteiger partial charge >= 0.3 is 0 Å². The molecule has 0 bridgehead atoms. The van der Waals surface area contributed by atoms with Crippen molar-refractivity contribution >= 4 is 17.4 Å². The Morgan fingerprint density at radius 3 is 2.24 bits per heavy atom. The van der Waals surface area contributed by atoms with E-state index < -0.39 is 6.10 Å². The summed E-state index contributed by atoms with van der Waals surface area (Å²) >= 11 is 5.86.